The predicted molar refractivity (Wildman–Crippen MR) is 92.3 cm³/mol. The highest BCUT2D eigenvalue weighted by Gasteiger charge is 2.61. The number of fused-ring (bicyclic) bond motifs is 2. The third-order valence-electron chi connectivity index (χ3n) is 5.47. The monoisotopic (exact) mass is 411 g/mol. The normalized spacial score (nSPS) is 22.8. The van der Waals surface area contributed by atoms with Crippen LogP contribution in [0.25, 0.3) is 0 Å². The number of hydrogen-bond donors (Lipinski definition) is 0. The number of halogens is 2. The molecule has 1 aromatic rings. The minimum absolute atomic E-state index is 0.0153. The summed E-state index contributed by atoms with van der Waals surface area (Å²) in [4.78, 5) is 26.2. The molecule has 0 radical (unpaired) electrons. The molecule has 7 heteroatoms. The number of hydrogen-bond acceptors (Lipinski definition) is 4. The molecule has 1 saturated carbocycles. The molecule has 4 rings (SSSR count). The van der Waals surface area contributed by atoms with Gasteiger partial charge in [-0.1, -0.05) is 15.9 Å². The summed E-state index contributed by atoms with van der Waals surface area (Å²) in [7, 11) is 1.29. The van der Waals surface area contributed by atoms with Crippen LogP contribution in [-0.2, 0) is 24.5 Å². The van der Waals surface area contributed by atoms with Crippen LogP contribution in [0.4, 0.5) is 10.1 Å². The number of carbonyl (C=O) groups is 2. The molecular formula is C18H19BrFNO4. The Labute approximate surface area is 153 Å². The first kappa shape index (κ1) is 17.0. The second-order valence-corrected chi connectivity index (χ2v) is 7.79. The molecule has 1 amide bonds. The molecule has 5 nitrogen and oxygen atoms in total. The molecular weight excluding hydrogens is 393 g/mol. The SMILES string of the molecule is COC(=O)C(Br)c1cc(F)cc2c1C1(CC1)C(=O)N2C1CCOCC1. The van der Waals surface area contributed by atoms with E-state index in [-0.39, 0.29) is 11.9 Å². The molecule has 1 aromatic carbocycles. The van der Waals surface area contributed by atoms with E-state index in [1.54, 1.807) is 4.90 Å². The molecule has 2 aliphatic heterocycles. The van der Waals surface area contributed by atoms with Gasteiger partial charge in [-0.05, 0) is 48.9 Å². The van der Waals surface area contributed by atoms with E-state index in [1.807, 2.05) is 0 Å². The molecule has 1 saturated heterocycles. The quantitative estimate of drug-likeness (QED) is 0.566. The van der Waals surface area contributed by atoms with Gasteiger partial charge in [0.2, 0.25) is 5.91 Å². The standard InChI is InChI=1S/C18H19BrFNO4/c1-24-16(22)15(19)12-8-10(20)9-13-14(12)18(4-5-18)17(23)21(13)11-2-6-25-7-3-11/h8-9,11,15H,2-7H2,1H3. The fraction of sp³-hybridized carbons (Fsp3) is 0.556. The highest BCUT2D eigenvalue weighted by Crippen LogP contribution is 2.60. The third-order valence-corrected chi connectivity index (χ3v) is 6.33. The number of esters is 1. The van der Waals surface area contributed by atoms with E-state index in [1.165, 1.54) is 19.2 Å². The summed E-state index contributed by atoms with van der Waals surface area (Å²) in [6.45, 7) is 1.20. The molecule has 25 heavy (non-hydrogen) atoms. The fourth-order valence-electron chi connectivity index (χ4n) is 4.10. The van der Waals surface area contributed by atoms with Gasteiger partial charge in [0, 0.05) is 19.3 Å². The smallest absolute Gasteiger partial charge is 0.324 e. The van der Waals surface area contributed by atoms with Crippen molar-refractivity contribution in [1.82, 2.24) is 0 Å². The number of ether oxygens (including phenoxy) is 2. The van der Waals surface area contributed by atoms with E-state index in [4.69, 9.17) is 9.47 Å². The Morgan fingerprint density at radius 2 is 2.08 bits per heavy atom. The zero-order chi connectivity index (χ0) is 17.8. The molecule has 134 valence electrons. The summed E-state index contributed by atoms with van der Waals surface area (Å²) in [5.74, 6) is -0.920. The topological polar surface area (TPSA) is 55.8 Å². The summed E-state index contributed by atoms with van der Waals surface area (Å²) in [5.41, 5.74) is 1.30. The molecule has 0 aromatic heterocycles. The maximum absolute atomic E-state index is 14.4. The maximum atomic E-state index is 14.4. The molecule has 1 aliphatic carbocycles. The summed E-state index contributed by atoms with van der Waals surface area (Å²) >= 11 is 3.32. The van der Waals surface area contributed by atoms with Crippen molar-refractivity contribution in [2.24, 2.45) is 0 Å². The lowest BCUT2D eigenvalue weighted by Crippen LogP contribution is -2.43. The van der Waals surface area contributed by atoms with Gasteiger partial charge in [-0.25, -0.2) is 4.39 Å². The van der Waals surface area contributed by atoms with Gasteiger partial charge in [-0.3, -0.25) is 9.59 Å². The van der Waals surface area contributed by atoms with Crippen molar-refractivity contribution in [2.45, 2.75) is 42.0 Å². The largest absolute Gasteiger partial charge is 0.468 e. The van der Waals surface area contributed by atoms with Crippen LogP contribution in [0.1, 0.15) is 41.6 Å². The lowest BCUT2D eigenvalue weighted by atomic mass is 9.91. The van der Waals surface area contributed by atoms with Crippen molar-refractivity contribution >= 4 is 33.5 Å². The number of amides is 1. The van der Waals surface area contributed by atoms with Crippen LogP contribution in [-0.4, -0.2) is 38.2 Å². The number of benzene rings is 1. The van der Waals surface area contributed by atoms with Crippen LogP contribution in [0.15, 0.2) is 12.1 Å². The zero-order valence-electron chi connectivity index (χ0n) is 13.9. The van der Waals surface area contributed by atoms with Gasteiger partial charge in [0.1, 0.15) is 10.6 Å². The predicted octanol–water partition coefficient (Wildman–Crippen LogP) is 2.99. The molecule has 2 heterocycles. The van der Waals surface area contributed by atoms with E-state index in [0.717, 1.165) is 31.2 Å². The molecule has 0 bridgehead atoms. The lowest BCUT2D eigenvalue weighted by molar-refractivity contribution is -0.140. The van der Waals surface area contributed by atoms with Crippen LogP contribution in [0, 0.1) is 5.82 Å². The van der Waals surface area contributed by atoms with E-state index in [2.05, 4.69) is 15.9 Å². The van der Waals surface area contributed by atoms with E-state index < -0.39 is 22.0 Å². The lowest BCUT2D eigenvalue weighted by Gasteiger charge is -2.32. The number of rotatable bonds is 3. The Hall–Kier alpha value is -1.47. The number of nitrogens with zero attached hydrogens (tertiary/aromatic N) is 1. The molecule has 2 fully saturated rings. The number of anilines is 1. The summed E-state index contributed by atoms with van der Waals surface area (Å²) in [6.07, 6.45) is 2.94. The summed E-state index contributed by atoms with van der Waals surface area (Å²) in [6, 6.07) is 2.79. The maximum Gasteiger partial charge on any atom is 0.324 e. The van der Waals surface area contributed by atoms with Crippen molar-refractivity contribution in [3.63, 3.8) is 0 Å². The minimum Gasteiger partial charge on any atom is -0.468 e. The number of carbonyl (C=O) groups excluding carboxylic acids is 2. The first-order valence-corrected chi connectivity index (χ1v) is 9.38. The third kappa shape index (κ3) is 2.51. The Morgan fingerprint density at radius 3 is 2.68 bits per heavy atom. The minimum atomic E-state index is -0.790. The number of methoxy groups -OCH3 is 1. The first-order chi connectivity index (χ1) is 12.0. The summed E-state index contributed by atoms with van der Waals surface area (Å²) in [5, 5.41) is 0. The molecule has 3 aliphatic rings. The van der Waals surface area contributed by atoms with E-state index >= 15 is 0 Å². The Morgan fingerprint density at radius 1 is 1.40 bits per heavy atom. The van der Waals surface area contributed by atoms with Crippen LogP contribution in [0.2, 0.25) is 0 Å². The second-order valence-electron chi connectivity index (χ2n) is 6.88. The van der Waals surface area contributed by atoms with Crippen molar-refractivity contribution in [2.75, 3.05) is 25.2 Å². The van der Waals surface area contributed by atoms with Gasteiger partial charge >= 0.3 is 5.97 Å². The number of alkyl halides is 1. The highest BCUT2D eigenvalue weighted by molar-refractivity contribution is 9.09. The van der Waals surface area contributed by atoms with Gasteiger partial charge in [0.05, 0.1) is 18.2 Å². The van der Waals surface area contributed by atoms with Crippen LogP contribution < -0.4 is 4.90 Å². The molecule has 1 atom stereocenters. The average molecular weight is 412 g/mol. The van der Waals surface area contributed by atoms with Crippen molar-refractivity contribution in [3.8, 4) is 0 Å². The van der Waals surface area contributed by atoms with Gasteiger partial charge in [-0.2, -0.15) is 0 Å². The molecule has 1 spiro atoms. The van der Waals surface area contributed by atoms with Crippen molar-refractivity contribution in [3.05, 3.63) is 29.1 Å². The Balaban J connectivity index is 1.85. The average Bonchev–Trinajstić information content (AvgIpc) is 3.38. The van der Waals surface area contributed by atoms with Gasteiger partial charge in [0.15, 0.2) is 0 Å². The van der Waals surface area contributed by atoms with E-state index in [9.17, 15) is 14.0 Å². The van der Waals surface area contributed by atoms with Gasteiger partial charge in [-0.15, -0.1) is 0 Å². The second kappa shape index (κ2) is 6.06. The zero-order valence-corrected chi connectivity index (χ0v) is 15.5. The van der Waals surface area contributed by atoms with Crippen molar-refractivity contribution < 1.29 is 23.5 Å². The van der Waals surface area contributed by atoms with Crippen LogP contribution in [0.3, 0.4) is 0 Å². The van der Waals surface area contributed by atoms with Gasteiger partial charge < -0.3 is 14.4 Å². The Kier molecular flexibility index (Phi) is 4.11. The van der Waals surface area contributed by atoms with Crippen LogP contribution in [0.5, 0.6) is 0 Å². The van der Waals surface area contributed by atoms with Crippen LogP contribution >= 0.6 is 15.9 Å². The first-order valence-electron chi connectivity index (χ1n) is 8.47. The van der Waals surface area contributed by atoms with Gasteiger partial charge in [0.25, 0.3) is 0 Å². The molecule has 0 N–H and O–H groups in total. The van der Waals surface area contributed by atoms with Crippen molar-refractivity contribution in [1.29, 1.82) is 0 Å². The highest BCUT2D eigenvalue weighted by atomic mass is 79.9. The molecule has 1 unspecified atom stereocenters. The van der Waals surface area contributed by atoms with E-state index in [0.29, 0.717) is 24.5 Å². The fourth-order valence-corrected chi connectivity index (χ4v) is 4.64. The Bertz CT molecular complexity index is 743. The summed E-state index contributed by atoms with van der Waals surface area (Å²) < 4.78 is 24.6.